The van der Waals surface area contributed by atoms with Crippen LogP contribution >= 0.6 is 0 Å². The van der Waals surface area contributed by atoms with E-state index in [0.717, 1.165) is 12.8 Å². The zero-order valence-corrected chi connectivity index (χ0v) is 7.47. The summed E-state index contributed by atoms with van der Waals surface area (Å²) in [6.45, 7) is 5.57. The Bertz CT molecular complexity index is 197. The SMILES string of the molecule is C=CCC(N)C(=O)NC1(C)CC1. The monoisotopic (exact) mass is 168 g/mol. The first-order valence-electron chi connectivity index (χ1n) is 4.26. The van der Waals surface area contributed by atoms with Crippen LogP contribution in [0.2, 0.25) is 0 Å². The van der Waals surface area contributed by atoms with Gasteiger partial charge in [-0.2, -0.15) is 0 Å². The molecule has 3 N–H and O–H groups in total. The van der Waals surface area contributed by atoms with Crippen LogP contribution in [-0.2, 0) is 4.79 Å². The average Bonchev–Trinajstić information content (AvgIpc) is 2.68. The molecule has 1 fully saturated rings. The second-order valence-corrected chi connectivity index (χ2v) is 3.68. The molecule has 12 heavy (non-hydrogen) atoms. The number of carbonyl (C=O) groups excluding carboxylic acids is 1. The summed E-state index contributed by atoms with van der Waals surface area (Å²) in [6.07, 6.45) is 4.35. The van der Waals surface area contributed by atoms with Gasteiger partial charge in [0, 0.05) is 5.54 Å². The lowest BCUT2D eigenvalue weighted by Gasteiger charge is -2.14. The number of rotatable bonds is 4. The van der Waals surface area contributed by atoms with Gasteiger partial charge in [-0.3, -0.25) is 4.79 Å². The van der Waals surface area contributed by atoms with Crippen molar-refractivity contribution in [1.82, 2.24) is 5.32 Å². The van der Waals surface area contributed by atoms with Crippen molar-refractivity contribution in [3.05, 3.63) is 12.7 Å². The Hall–Kier alpha value is -0.830. The Balaban J connectivity index is 2.31. The molecule has 0 aromatic carbocycles. The van der Waals surface area contributed by atoms with Crippen molar-refractivity contribution >= 4 is 5.91 Å². The van der Waals surface area contributed by atoms with Gasteiger partial charge in [0.25, 0.3) is 0 Å². The highest BCUT2D eigenvalue weighted by Gasteiger charge is 2.39. The molecule has 0 radical (unpaired) electrons. The molecule has 1 aliphatic carbocycles. The van der Waals surface area contributed by atoms with Crippen LogP contribution in [0.1, 0.15) is 26.2 Å². The second kappa shape index (κ2) is 3.27. The van der Waals surface area contributed by atoms with Gasteiger partial charge in [-0.05, 0) is 26.2 Å². The van der Waals surface area contributed by atoms with Crippen molar-refractivity contribution in [2.24, 2.45) is 5.73 Å². The summed E-state index contributed by atoms with van der Waals surface area (Å²) >= 11 is 0. The van der Waals surface area contributed by atoms with Gasteiger partial charge in [-0.25, -0.2) is 0 Å². The summed E-state index contributed by atoms with van der Waals surface area (Å²) in [5.41, 5.74) is 5.62. The van der Waals surface area contributed by atoms with Crippen molar-refractivity contribution in [2.75, 3.05) is 0 Å². The van der Waals surface area contributed by atoms with Gasteiger partial charge in [0.05, 0.1) is 6.04 Å². The summed E-state index contributed by atoms with van der Waals surface area (Å²) in [7, 11) is 0. The molecule has 0 saturated heterocycles. The van der Waals surface area contributed by atoms with Crippen LogP contribution in [-0.4, -0.2) is 17.5 Å². The fourth-order valence-electron chi connectivity index (χ4n) is 0.989. The molecule has 0 bridgehead atoms. The molecule has 0 aromatic rings. The lowest BCUT2D eigenvalue weighted by molar-refractivity contribution is -0.123. The van der Waals surface area contributed by atoms with E-state index in [2.05, 4.69) is 11.9 Å². The lowest BCUT2D eigenvalue weighted by atomic mass is 10.2. The molecule has 1 unspecified atom stereocenters. The largest absolute Gasteiger partial charge is 0.350 e. The van der Waals surface area contributed by atoms with Crippen molar-refractivity contribution in [2.45, 2.75) is 37.8 Å². The Morgan fingerprint density at radius 2 is 2.42 bits per heavy atom. The molecule has 1 saturated carbocycles. The van der Waals surface area contributed by atoms with Crippen molar-refractivity contribution in [1.29, 1.82) is 0 Å². The fraction of sp³-hybridized carbons (Fsp3) is 0.667. The van der Waals surface area contributed by atoms with Crippen LogP contribution in [0, 0.1) is 0 Å². The highest BCUT2D eigenvalue weighted by atomic mass is 16.2. The van der Waals surface area contributed by atoms with Crippen LogP contribution in [0.5, 0.6) is 0 Å². The molecule has 3 nitrogen and oxygen atoms in total. The highest BCUT2D eigenvalue weighted by Crippen LogP contribution is 2.34. The summed E-state index contributed by atoms with van der Waals surface area (Å²) < 4.78 is 0. The van der Waals surface area contributed by atoms with E-state index in [-0.39, 0.29) is 11.4 Å². The maximum Gasteiger partial charge on any atom is 0.237 e. The van der Waals surface area contributed by atoms with Gasteiger partial charge in [-0.1, -0.05) is 6.08 Å². The second-order valence-electron chi connectivity index (χ2n) is 3.68. The Kier molecular flexibility index (Phi) is 2.52. The third-order valence-electron chi connectivity index (χ3n) is 2.18. The Morgan fingerprint density at radius 3 is 2.83 bits per heavy atom. The molecule has 0 aromatic heterocycles. The molecule has 68 valence electrons. The van der Waals surface area contributed by atoms with Crippen molar-refractivity contribution in [3.8, 4) is 0 Å². The van der Waals surface area contributed by atoms with Crippen LogP contribution in [0.15, 0.2) is 12.7 Å². The van der Waals surface area contributed by atoms with Crippen LogP contribution in [0.3, 0.4) is 0 Å². The van der Waals surface area contributed by atoms with E-state index < -0.39 is 6.04 Å². The van der Waals surface area contributed by atoms with Gasteiger partial charge >= 0.3 is 0 Å². The summed E-state index contributed by atoms with van der Waals surface area (Å²) in [5, 5.41) is 2.90. The summed E-state index contributed by atoms with van der Waals surface area (Å²) in [6, 6.07) is -0.431. The number of carbonyl (C=O) groups is 1. The first kappa shape index (κ1) is 9.26. The summed E-state index contributed by atoms with van der Waals surface area (Å²) in [4.78, 5) is 11.3. The van der Waals surface area contributed by atoms with Crippen LogP contribution < -0.4 is 11.1 Å². The number of nitrogens with two attached hydrogens (primary N) is 1. The molecule has 0 spiro atoms. The Labute approximate surface area is 73.0 Å². The number of hydrogen-bond donors (Lipinski definition) is 2. The standard InChI is InChI=1S/C9H16N2O/c1-3-4-7(10)8(12)11-9(2)5-6-9/h3,7H,1,4-6,10H2,2H3,(H,11,12). The number of nitrogens with one attached hydrogen (secondary N) is 1. The topological polar surface area (TPSA) is 55.1 Å². The average molecular weight is 168 g/mol. The molecule has 1 rings (SSSR count). The molecular weight excluding hydrogens is 152 g/mol. The zero-order chi connectivity index (χ0) is 9.19. The van der Waals surface area contributed by atoms with Gasteiger partial charge in [0.1, 0.15) is 0 Å². The quantitative estimate of drug-likeness (QED) is 0.603. The highest BCUT2D eigenvalue weighted by molar-refractivity contribution is 5.82. The normalized spacial score (nSPS) is 21.2. The first-order chi connectivity index (χ1) is 5.57. The number of amides is 1. The van der Waals surface area contributed by atoms with E-state index in [1.807, 2.05) is 6.92 Å². The molecule has 1 aliphatic rings. The lowest BCUT2D eigenvalue weighted by Crippen LogP contribution is -2.45. The Morgan fingerprint density at radius 1 is 1.83 bits per heavy atom. The molecule has 1 amide bonds. The van der Waals surface area contributed by atoms with E-state index in [4.69, 9.17) is 5.73 Å². The number of hydrogen-bond acceptors (Lipinski definition) is 2. The van der Waals surface area contributed by atoms with Crippen molar-refractivity contribution < 1.29 is 4.79 Å². The molecule has 3 heteroatoms. The minimum Gasteiger partial charge on any atom is -0.350 e. The molecule has 0 aliphatic heterocycles. The van der Waals surface area contributed by atoms with Gasteiger partial charge in [0.15, 0.2) is 0 Å². The maximum absolute atomic E-state index is 11.3. The molecule has 0 heterocycles. The van der Waals surface area contributed by atoms with Crippen LogP contribution in [0.4, 0.5) is 0 Å². The van der Waals surface area contributed by atoms with E-state index in [1.165, 1.54) is 0 Å². The minimum absolute atomic E-state index is 0.0376. The van der Waals surface area contributed by atoms with E-state index in [0.29, 0.717) is 6.42 Å². The zero-order valence-electron chi connectivity index (χ0n) is 7.47. The predicted molar refractivity (Wildman–Crippen MR) is 48.6 cm³/mol. The van der Waals surface area contributed by atoms with E-state index >= 15 is 0 Å². The van der Waals surface area contributed by atoms with Crippen molar-refractivity contribution in [3.63, 3.8) is 0 Å². The third-order valence-corrected chi connectivity index (χ3v) is 2.18. The summed E-state index contributed by atoms with van der Waals surface area (Å²) in [5.74, 6) is -0.0603. The maximum atomic E-state index is 11.3. The predicted octanol–water partition coefficient (Wildman–Crippen LogP) is 0.558. The van der Waals surface area contributed by atoms with Crippen LogP contribution in [0.25, 0.3) is 0 Å². The van der Waals surface area contributed by atoms with Gasteiger partial charge in [-0.15, -0.1) is 6.58 Å². The molecule has 1 atom stereocenters. The van der Waals surface area contributed by atoms with E-state index in [9.17, 15) is 4.79 Å². The first-order valence-corrected chi connectivity index (χ1v) is 4.26. The third kappa shape index (κ3) is 2.34. The minimum atomic E-state index is -0.431. The van der Waals surface area contributed by atoms with E-state index in [1.54, 1.807) is 6.08 Å². The smallest absolute Gasteiger partial charge is 0.237 e. The fourth-order valence-corrected chi connectivity index (χ4v) is 0.989. The van der Waals surface area contributed by atoms with Gasteiger partial charge < -0.3 is 11.1 Å². The molecular formula is C9H16N2O. The van der Waals surface area contributed by atoms with Gasteiger partial charge in [0.2, 0.25) is 5.91 Å².